The normalized spacial score (nSPS) is 11.8. The van der Waals surface area contributed by atoms with E-state index in [-0.39, 0.29) is 5.95 Å². The summed E-state index contributed by atoms with van der Waals surface area (Å²) in [5.41, 5.74) is 0. The maximum Gasteiger partial charge on any atom is 0.312 e. The van der Waals surface area contributed by atoms with E-state index in [0.717, 1.165) is 12.8 Å². The van der Waals surface area contributed by atoms with Crippen LogP contribution in [0.2, 0.25) is 0 Å². The van der Waals surface area contributed by atoms with Gasteiger partial charge < -0.3 is 14.9 Å². The molecule has 3 heteroatoms. The third-order valence-corrected chi connectivity index (χ3v) is 3.86. The topological polar surface area (TPSA) is 49.7 Å². The molecule has 126 valence electrons. The zero-order valence-corrected chi connectivity index (χ0v) is 14.0. The number of rotatable bonds is 16. The van der Waals surface area contributed by atoms with Crippen molar-refractivity contribution in [1.82, 2.24) is 0 Å². The summed E-state index contributed by atoms with van der Waals surface area (Å²) in [6, 6.07) is 0. The van der Waals surface area contributed by atoms with Crippen LogP contribution in [0.4, 0.5) is 0 Å². The van der Waals surface area contributed by atoms with Crippen LogP contribution in [0.15, 0.2) is 12.2 Å². The lowest BCUT2D eigenvalue weighted by Gasteiger charge is -2.04. The fourth-order valence-corrected chi connectivity index (χ4v) is 2.51. The molecule has 0 heterocycles. The summed E-state index contributed by atoms with van der Waals surface area (Å²) in [5.74, 6) is -0.385. The average Bonchev–Trinajstić information content (AvgIpc) is 2.50. The lowest BCUT2D eigenvalue weighted by molar-refractivity contribution is 0.0800. The molecule has 0 spiro atoms. The molecule has 0 saturated heterocycles. The molecule has 0 aromatic heterocycles. The van der Waals surface area contributed by atoms with Crippen LogP contribution in [0.5, 0.6) is 0 Å². The van der Waals surface area contributed by atoms with Crippen molar-refractivity contribution in [2.45, 2.75) is 96.8 Å². The Balaban J connectivity index is 2.99. The molecule has 21 heavy (non-hydrogen) atoms. The van der Waals surface area contributed by atoms with E-state index >= 15 is 0 Å². The zero-order valence-electron chi connectivity index (χ0n) is 14.0. The summed E-state index contributed by atoms with van der Waals surface area (Å²) < 4.78 is 4.86. The monoisotopic (exact) mass is 300 g/mol. The van der Waals surface area contributed by atoms with E-state index in [2.05, 4.69) is 6.92 Å². The van der Waals surface area contributed by atoms with Crippen LogP contribution in [-0.4, -0.2) is 16.8 Å². The molecule has 0 saturated carbocycles. The predicted molar refractivity (Wildman–Crippen MR) is 89.6 cm³/mol. The van der Waals surface area contributed by atoms with Gasteiger partial charge in [0.15, 0.2) is 6.26 Å². The van der Waals surface area contributed by atoms with Gasteiger partial charge in [0.1, 0.15) is 0 Å². The van der Waals surface area contributed by atoms with Crippen LogP contribution in [-0.2, 0) is 4.74 Å². The minimum absolute atomic E-state index is 0.385. The molecular weight excluding hydrogens is 264 g/mol. The lowest BCUT2D eigenvalue weighted by Crippen LogP contribution is -1.94. The van der Waals surface area contributed by atoms with Gasteiger partial charge in [0.2, 0.25) is 0 Å². The van der Waals surface area contributed by atoms with E-state index in [0.29, 0.717) is 12.9 Å². The zero-order chi connectivity index (χ0) is 15.6. The summed E-state index contributed by atoms with van der Waals surface area (Å²) >= 11 is 0. The minimum atomic E-state index is -0.385. The number of hydrogen-bond acceptors (Lipinski definition) is 3. The molecule has 0 unspecified atom stereocenters. The predicted octanol–water partition coefficient (Wildman–Crippen LogP) is 6.40. The van der Waals surface area contributed by atoms with E-state index in [9.17, 15) is 0 Å². The summed E-state index contributed by atoms with van der Waals surface area (Å²) in [6.45, 7) is 2.75. The van der Waals surface area contributed by atoms with Gasteiger partial charge in [0, 0.05) is 0 Å². The summed E-state index contributed by atoms with van der Waals surface area (Å²) in [5, 5.41) is 17.3. The van der Waals surface area contributed by atoms with Crippen LogP contribution in [0, 0.1) is 0 Å². The van der Waals surface area contributed by atoms with E-state index in [1.54, 1.807) is 0 Å². The highest BCUT2D eigenvalue weighted by Crippen LogP contribution is 2.13. The fraction of sp³-hybridized carbons (Fsp3) is 0.889. The highest BCUT2D eigenvalue weighted by Gasteiger charge is 1.95. The van der Waals surface area contributed by atoms with Gasteiger partial charge in [-0.25, -0.2) is 0 Å². The first kappa shape index (κ1) is 20.1. The first-order valence-electron chi connectivity index (χ1n) is 8.97. The van der Waals surface area contributed by atoms with Crippen LogP contribution in [0.3, 0.4) is 0 Å². The highest BCUT2D eigenvalue weighted by molar-refractivity contribution is 4.68. The molecular formula is C18H36O3. The summed E-state index contributed by atoms with van der Waals surface area (Å²) in [4.78, 5) is 0. The Morgan fingerprint density at radius 1 is 0.714 bits per heavy atom. The number of ether oxygens (including phenoxy) is 1. The Bertz CT molecular complexity index is 227. The average molecular weight is 300 g/mol. The van der Waals surface area contributed by atoms with Crippen molar-refractivity contribution in [2.24, 2.45) is 0 Å². The van der Waals surface area contributed by atoms with Gasteiger partial charge in [-0.2, -0.15) is 0 Å². The van der Waals surface area contributed by atoms with Crippen LogP contribution < -0.4 is 0 Å². The van der Waals surface area contributed by atoms with Gasteiger partial charge in [-0.3, -0.25) is 0 Å². The van der Waals surface area contributed by atoms with Crippen molar-refractivity contribution >= 4 is 0 Å². The molecule has 0 aliphatic carbocycles. The lowest BCUT2D eigenvalue weighted by atomic mass is 10.0. The SMILES string of the molecule is CCCCCCCCCCCCCCCCOC(O)=CO. The molecule has 0 rings (SSSR count). The summed E-state index contributed by atoms with van der Waals surface area (Å²) in [6.07, 6.45) is 19.2. The van der Waals surface area contributed by atoms with Gasteiger partial charge >= 0.3 is 5.95 Å². The van der Waals surface area contributed by atoms with Gasteiger partial charge in [0.05, 0.1) is 6.61 Å². The maximum atomic E-state index is 8.85. The van der Waals surface area contributed by atoms with Crippen LogP contribution >= 0.6 is 0 Å². The third-order valence-electron chi connectivity index (χ3n) is 3.86. The fourth-order valence-electron chi connectivity index (χ4n) is 2.51. The Morgan fingerprint density at radius 3 is 1.48 bits per heavy atom. The number of aliphatic hydroxyl groups excluding tert-OH is 2. The van der Waals surface area contributed by atoms with Crippen molar-refractivity contribution in [3.8, 4) is 0 Å². The van der Waals surface area contributed by atoms with E-state index in [1.165, 1.54) is 77.0 Å². The van der Waals surface area contributed by atoms with Gasteiger partial charge in [-0.15, -0.1) is 0 Å². The second-order valence-corrected chi connectivity index (χ2v) is 5.91. The van der Waals surface area contributed by atoms with E-state index < -0.39 is 0 Å². The van der Waals surface area contributed by atoms with Crippen LogP contribution in [0.1, 0.15) is 96.8 Å². The minimum Gasteiger partial charge on any atom is -0.508 e. The molecule has 0 amide bonds. The molecule has 0 radical (unpaired) electrons. The molecule has 0 atom stereocenters. The molecule has 2 N–H and O–H groups in total. The standard InChI is InChI=1S/C18H36O3/c1-2-3-4-5-6-7-8-9-10-11-12-13-14-15-16-21-18(20)17-19/h17,19-20H,2-16H2,1H3. The largest absolute Gasteiger partial charge is 0.508 e. The highest BCUT2D eigenvalue weighted by atomic mass is 16.6. The van der Waals surface area contributed by atoms with Crippen molar-refractivity contribution in [1.29, 1.82) is 0 Å². The van der Waals surface area contributed by atoms with Crippen molar-refractivity contribution in [3.05, 3.63) is 12.2 Å². The molecule has 0 bridgehead atoms. The van der Waals surface area contributed by atoms with E-state index in [4.69, 9.17) is 14.9 Å². The number of aliphatic hydroxyl groups is 2. The first-order valence-corrected chi connectivity index (χ1v) is 8.97. The number of unbranched alkanes of at least 4 members (excludes halogenated alkanes) is 13. The Labute approximate surface area is 131 Å². The van der Waals surface area contributed by atoms with E-state index in [1.807, 2.05) is 0 Å². The Hall–Kier alpha value is -0.860. The molecule has 0 aliphatic rings. The van der Waals surface area contributed by atoms with Gasteiger partial charge in [-0.05, 0) is 6.42 Å². The van der Waals surface area contributed by atoms with Gasteiger partial charge in [-0.1, -0.05) is 90.4 Å². The number of hydrogen-bond donors (Lipinski definition) is 2. The van der Waals surface area contributed by atoms with Crippen molar-refractivity contribution in [3.63, 3.8) is 0 Å². The quantitative estimate of drug-likeness (QED) is 0.256. The molecule has 0 aliphatic heterocycles. The Morgan fingerprint density at radius 2 is 1.10 bits per heavy atom. The second-order valence-electron chi connectivity index (χ2n) is 5.91. The smallest absolute Gasteiger partial charge is 0.312 e. The molecule has 0 aromatic carbocycles. The molecule has 0 aromatic rings. The maximum absolute atomic E-state index is 8.85. The molecule has 3 nitrogen and oxygen atoms in total. The van der Waals surface area contributed by atoms with Crippen molar-refractivity contribution in [2.75, 3.05) is 6.61 Å². The van der Waals surface area contributed by atoms with Crippen molar-refractivity contribution < 1.29 is 14.9 Å². The van der Waals surface area contributed by atoms with Gasteiger partial charge in [0.25, 0.3) is 0 Å². The molecule has 0 fully saturated rings. The Kier molecular flexibility index (Phi) is 16.5. The first-order chi connectivity index (χ1) is 10.3. The summed E-state index contributed by atoms with van der Waals surface area (Å²) in [7, 11) is 0. The second kappa shape index (κ2) is 17.2. The van der Waals surface area contributed by atoms with Crippen LogP contribution in [0.25, 0.3) is 0 Å². The third kappa shape index (κ3) is 17.1.